The van der Waals surface area contributed by atoms with Crippen molar-refractivity contribution < 1.29 is 4.74 Å². The SMILES string of the molecule is CC(C)c1ccc(-c2nc(N3CCC4(CC3)OCCc3ccccc34)nn2C)cc1. The lowest BCUT2D eigenvalue weighted by Gasteiger charge is -2.44. The smallest absolute Gasteiger partial charge is 0.245 e. The molecular weight excluding hydrogens is 372 g/mol. The number of hydrogen-bond acceptors (Lipinski definition) is 4. The van der Waals surface area contributed by atoms with E-state index in [1.165, 1.54) is 16.7 Å². The van der Waals surface area contributed by atoms with Crippen molar-refractivity contribution in [2.45, 2.75) is 44.6 Å². The number of anilines is 1. The minimum Gasteiger partial charge on any atom is -0.370 e. The lowest BCUT2D eigenvalue weighted by molar-refractivity contribution is -0.0767. The van der Waals surface area contributed by atoms with Gasteiger partial charge in [0.1, 0.15) is 0 Å². The molecular formula is C25H30N4O. The van der Waals surface area contributed by atoms with E-state index in [-0.39, 0.29) is 5.60 Å². The highest BCUT2D eigenvalue weighted by molar-refractivity contribution is 5.58. The monoisotopic (exact) mass is 402 g/mol. The third-order valence-corrected chi connectivity index (χ3v) is 6.70. The zero-order valence-corrected chi connectivity index (χ0v) is 18.1. The molecule has 0 atom stereocenters. The van der Waals surface area contributed by atoms with Crippen LogP contribution in [0.5, 0.6) is 0 Å². The van der Waals surface area contributed by atoms with Gasteiger partial charge < -0.3 is 9.64 Å². The van der Waals surface area contributed by atoms with E-state index >= 15 is 0 Å². The Morgan fingerprint density at radius 3 is 2.47 bits per heavy atom. The Kier molecular flexibility index (Phi) is 4.86. The number of piperidine rings is 1. The molecule has 0 radical (unpaired) electrons. The number of rotatable bonds is 3. The van der Waals surface area contributed by atoms with Gasteiger partial charge in [0.25, 0.3) is 0 Å². The molecule has 5 rings (SSSR count). The average Bonchev–Trinajstić information content (AvgIpc) is 3.16. The molecule has 2 aromatic carbocycles. The Bertz CT molecular complexity index is 1030. The van der Waals surface area contributed by atoms with E-state index in [4.69, 9.17) is 14.8 Å². The Morgan fingerprint density at radius 1 is 1.00 bits per heavy atom. The van der Waals surface area contributed by atoms with Gasteiger partial charge in [-0.05, 0) is 41.9 Å². The molecule has 2 aliphatic rings. The molecule has 30 heavy (non-hydrogen) atoms. The molecule has 1 fully saturated rings. The molecule has 1 spiro atoms. The summed E-state index contributed by atoms with van der Waals surface area (Å²) >= 11 is 0. The topological polar surface area (TPSA) is 43.2 Å². The van der Waals surface area contributed by atoms with Gasteiger partial charge in [0.2, 0.25) is 5.95 Å². The van der Waals surface area contributed by atoms with Crippen molar-refractivity contribution in [3.8, 4) is 11.4 Å². The van der Waals surface area contributed by atoms with E-state index in [2.05, 4.69) is 67.3 Å². The Hall–Kier alpha value is -2.66. The number of aryl methyl sites for hydroxylation is 1. The van der Waals surface area contributed by atoms with Gasteiger partial charge in [-0.25, -0.2) is 4.68 Å². The molecule has 156 valence electrons. The van der Waals surface area contributed by atoms with Crippen LogP contribution in [-0.4, -0.2) is 34.5 Å². The number of hydrogen-bond donors (Lipinski definition) is 0. The predicted molar refractivity (Wildman–Crippen MR) is 120 cm³/mol. The highest BCUT2D eigenvalue weighted by Gasteiger charge is 2.41. The highest BCUT2D eigenvalue weighted by atomic mass is 16.5. The van der Waals surface area contributed by atoms with E-state index in [0.717, 1.165) is 56.3 Å². The molecule has 3 aromatic rings. The van der Waals surface area contributed by atoms with Crippen LogP contribution in [0.1, 0.15) is 49.3 Å². The second-order valence-electron chi connectivity index (χ2n) is 8.87. The first-order valence-corrected chi connectivity index (χ1v) is 11.0. The number of nitrogens with zero attached hydrogens (tertiary/aromatic N) is 4. The molecule has 0 unspecified atom stereocenters. The van der Waals surface area contributed by atoms with Crippen molar-refractivity contribution in [1.29, 1.82) is 0 Å². The minimum absolute atomic E-state index is 0.143. The Morgan fingerprint density at radius 2 is 1.73 bits per heavy atom. The number of aromatic nitrogens is 3. The maximum absolute atomic E-state index is 6.37. The largest absolute Gasteiger partial charge is 0.370 e. The second kappa shape index (κ2) is 7.55. The fraction of sp³-hybridized carbons (Fsp3) is 0.440. The van der Waals surface area contributed by atoms with Gasteiger partial charge in [-0.2, -0.15) is 4.98 Å². The Balaban J connectivity index is 1.35. The van der Waals surface area contributed by atoms with Crippen LogP contribution in [0.25, 0.3) is 11.4 Å². The van der Waals surface area contributed by atoms with E-state index < -0.39 is 0 Å². The van der Waals surface area contributed by atoms with Gasteiger partial charge in [-0.15, -0.1) is 5.10 Å². The van der Waals surface area contributed by atoms with Crippen molar-refractivity contribution in [3.05, 3.63) is 65.2 Å². The summed E-state index contributed by atoms with van der Waals surface area (Å²) in [4.78, 5) is 7.20. The standard InChI is InChI=1S/C25H30N4O/c1-18(2)19-8-10-21(11-9-19)23-26-24(27-28(23)3)29-15-13-25(14-16-29)22-7-5-4-6-20(22)12-17-30-25/h4-11,18H,12-17H2,1-3H3. The van der Waals surface area contributed by atoms with Crippen LogP contribution < -0.4 is 4.90 Å². The summed E-state index contributed by atoms with van der Waals surface area (Å²) in [5.74, 6) is 2.26. The molecule has 1 saturated heterocycles. The van der Waals surface area contributed by atoms with Crippen molar-refractivity contribution in [2.24, 2.45) is 7.05 Å². The molecule has 0 saturated carbocycles. The van der Waals surface area contributed by atoms with Crippen molar-refractivity contribution in [1.82, 2.24) is 14.8 Å². The van der Waals surface area contributed by atoms with Crippen molar-refractivity contribution >= 4 is 5.95 Å². The van der Waals surface area contributed by atoms with Gasteiger partial charge in [-0.1, -0.05) is 62.4 Å². The number of benzene rings is 2. The third kappa shape index (κ3) is 3.31. The van der Waals surface area contributed by atoms with E-state index in [1.54, 1.807) is 0 Å². The summed E-state index contributed by atoms with van der Waals surface area (Å²) in [6.07, 6.45) is 2.96. The van der Waals surface area contributed by atoms with Crippen LogP contribution in [0.2, 0.25) is 0 Å². The van der Waals surface area contributed by atoms with E-state index in [0.29, 0.717) is 5.92 Å². The molecule has 1 aromatic heterocycles. The van der Waals surface area contributed by atoms with Crippen LogP contribution in [0.15, 0.2) is 48.5 Å². The maximum Gasteiger partial charge on any atom is 0.245 e. The van der Waals surface area contributed by atoms with Crippen LogP contribution in [-0.2, 0) is 23.8 Å². The molecule has 0 bridgehead atoms. The summed E-state index contributed by atoms with van der Waals surface area (Å²) < 4.78 is 8.27. The number of fused-ring (bicyclic) bond motifs is 2. The molecule has 0 amide bonds. The summed E-state index contributed by atoms with van der Waals surface area (Å²) in [7, 11) is 1.98. The Labute approximate surface area is 178 Å². The zero-order chi connectivity index (χ0) is 20.7. The lowest BCUT2D eigenvalue weighted by atomic mass is 9.79. The lowest BCUT2D eigenvalue weighted by Crippen LogP contribution is -2.47. The average molecular weight is 403 g/mol. The summed E-state index contributed by atoms with van der Waals surface area (Å²) in [6.45, 7) is 7.06. The van der Waals surface area contributed by atoms with Gasteiger partial charge >= 0.3 is 0 Å². The summed E-state index contributed by atoms with van der Waals surface area (Å²) in [5.41, 5.74) is 5.14. The molecule has 0 aliphatic carbocycles. The first-order valence-electron chi connectivity index (χ1n) is 11.0. The third-order valence-electron chi connectivity index (χ3n) is 6.70. The van der Waals surface area contributed by atoms with Gasteiger partial charge in [0.15, 0.2) is 5.82 Å². The van der Waals surface area contributed by atoms with Gasteiger partial charge in [0.05, 0.1) is 12.2 Å². The molecule has 3 heterocycles. The normalized spacial score (nSPS) is 18.1. The maximum atomic E-state index is 6.37. The van der Waals surface area contributed by atoms with E-state index in [1.807, 2.05) is 11.7 Å². The highest BCUT2D eigenvalue weighted by Crippen LogP contribution is 2.42. The molecule has 2 aliphatic heterocycles. The van der Waals surface area contributed by atoms with Crippen molar-refractivity contribution in [3.63, 3.8) is 0 Å². The van der Waals surface area contributed by atoms with Crippen LogP contribution in [0.3, 0.4) is 0 Å². The summed E-state index contributed by atoms with van der Waals surface area (Å²) in [6, 6.07) is 17.5. The first kappa shape index (κ1) is 19.3. The molecule has 5 nitrogen and oxygen atoms in total. The van der Waals surface area contributed by atoms with E-state index in [9.17, 15) is 0 Å². The zero-order valence-electron chi connectivity index (χ0n) is 18.1. The summed E-state index contributed by atoms with van der Waals surface area (Å²) in [5, 5.41) is 4.74. The fourth-order valence-corrected chi connectivity index (χ4v) is 4.87. The molecule has 0 N–H and O–H groups in total. The predicted octanol–water partition coefficient (Wildman–Crippen LogP) is 4.67. The quantitative estimate of drug-likeness (QED) is 0.638. The minimum atomic E-state index is -0.143. The molecule has 5 heteroatoms. The van der Waals surface area contributed by atoms with Crippen LogP contribution in [0.4, 0.5) is 5.95 Å². The van der Waals surface area contributed by atoms with Crippen LogP contribution >= 0.6 is 0 Å². The fourth-order valence-electron chi connectivity index (χ4n) is 4.87. The number of ether oxygens (including phenoxy) is 1. The van der Waals surface area contributed by atoms with Crippen molar-refractivity contribution in [2.75, 3.05) is 24.6 Å². The van der Waals surface area contributed by atoms with Gasteiger partial charge in [0, 0.05) is 25.7 Å². The first-order chi connectivity index (χ1) is 14.6. The van der Waals surface area contributed by atoms with Gasteiger partial charge in [-0.3, -0.25) is 0 Å². The van der Waals surface area contributed by atoms with Crippen LogP contribution in [0, 0.1) is 0 Å². The second-order valence-corrected chi connectivity index (χ2v) is 8.87.